The van der Waals surface area contributed by atoms with Crippen LogP contribution in [0.3, 0.4) is 0 Å². The molecule has 2 rings (SSSR count). The second-order valence-corrected chi connectivity index (χ2v) is 6.62. The van der Waals surface area contributed by atoms with Crippen LogP contribution in [-0.4, -0.2) is 31.9 Å². The molecule has 1 aliphatic rings. The van der Waals surface area contributed by atoms with Gasteiger partial charge in [-0.05, 0) is 31.6 Å². The van der Waals surface area contributed by atoms with Gasteiger partial charge in [-0.2, -0.15) is 0 Å². The van der Waals surface area contributed by atoms with Crippen LogP contribution in [0.15, 0.2) is 22.6 Å². The highest BCUT2D eigenvalue weighted by molar-refractivity contribution is 7.91. The highest BCUT2D eigenvalue weighted by Gasteiger charge is 2.28. The van der Waals surface area contributed by atoms with E-state index in [-0.39, 0.29) is 23.5 Å². The third-order valence-corrected chi connectivity index (χ3v) is 4.51. The Balaban J connectivity index is 1.88. The average Bonchev–Trinajstić information content (AvgIpc) is 2.82. The Hall–Kier alpha value is -1.56. The monoisotopic (exact) mass is 269 g/mol. The molecule has 1 aromatic heterocycles. The van der Waals surface area contributed by atoms with E-state index in [4.69, 9.17) is 4.42 Å². The van der Waals surface area contributed by atoms with Crippen molar-refractivity contribution in [1.82, 2.24) is 5.32 Å². The van der Waals surface area contributed by atoms with Gasteiger partial charge in [0.2, 0.25) is 5.91 Å². The molecule has 0 spiro atoms. The second kappa shape index (κ2) is 4.97. The predicted octanol–water partition coefficient (Wildman–Crippen LogP) is 0.905. The first-order valence-corrected chi connectivity index (χ1v) is 7.52. The number of carbonyl (C=O) groups excluding carboxylic acids is 1. The quantitative estimate of drug-likeness (QED) is 0.827. The number of amides is 1. The molecule has 1 saturated heterocycles. The lowest BCUT2D eigenvalue weighted by molar-refractivity contribution is -0.116. The molecule has 1 atom stereocenters. The van der Waals surface area contributed by atoms with Gasteiger partial charge < -0.3 is 9.73 Å². The first-order chi connectivity index (χ1) is 8.44. The molecule has 0 aliphatic carbocycles. The molecule has 18 heavy (non-hydrogen) atoms. The summed E-state index contributed by atoms with van der Waals surface area (Å²) in [6.07, 6.45) is 3.40. The zero-order valence-corrected chi connectivity index (χ0v) is 10.9. The first kappa shape index (κ1) is 12.9. The number of sulfone groups is 1. The van der Waals surface area contributed by atoms with Crippen molar-refractivity contribution in [3.8, 4) is 0 Å². The van der Waals surface area contributed by atoms with Crippen LogP contribution in [0, 0.1) is 6.92 Å². The molecule has 1 aliphatic heterocycles. The second-order valence-electron chi connectivity index (χ2n) is 4.39. The van der Waals surface area contributed by atoms with Gasteiger partial charge in [0, 0.05) is 12.1 Å². The van der Waals surface area contributed by atoms with Crippen molar-refractivity contribution in [3.63, 3.8) is 0 Å². The third kappa shape index (κ3) is 3.46. The highest BCUT2D eigenvalue weighted by atomic mass is 32.2. The van der Waals surface area contributed by atoms with Crippen LogP contribution < -0.4 is 5.32 Å². The molecule has 5 nitrogen and oxygen atoms in total. The maximum Gasteiger partial charge on any atom is 0.244 e. The van der Waals surface area contributed by atoms with Crippen molar-refractivity contribution in [2.75, 3.05) is 11.5 Å². The minimum Gasteiger partial charge on any atom is -0.462 e. The van der Waals surface area contributed by atoms with E-state index in [0.717, 1.165) is 5.76 Å². The van der Waals surface area contributed by atoms with E-state index in [1.807, 2.05) is 6.92 Å². The minimum absolute atomic E-state index is 0.0342. The molecule has 98 valence electrons. The number of carbonyl (C=O) groups is 1. The molecule has 1 fully saturated rings. The molecule has 0 radical (unpaired) electrons. The highest BCUT2D eigenvalue weighted by Crippen LogP contribution is 2.11. The smallest absolute Gasteiger partial charge is 0.244 e. The van der Waals surface area contributed by atoms with E-state index in [2.05, 4.69) is 5.32 Å². The van der Waals surface area contributed by atoms with Crippen molar-refractivity contribution >= 4 is 21.8 Å². The maximum absolute atomic E-state index is 11.6. The van der Waals surface area contributed by atoms with Crippen molar-refractivity contribution in [2.45, 2.75) is 19.4 Å². The average molecular weight is 269 g/mol. The Morgan fingerprint density at radius 3 is 2.83 bits per heavy atom. The molecule has 1 N–H and O–H groups in total. The van der Waals surface area contributed by atoms with E-state index in [1.54, 1.807) is 18.2 Å². The number of nitrogens with one attached hydrogen (secondary N) is 1. The lowest BCUT2D eigenvalue weighted by atomic mass is 10.2. The van der Waals surface area contributed by atoms with Crippen LogP contribution in [0.4, 0.5) is 0 Å². The zero-order chi connectivity index (χ0) is 13.2. The molecule has 0 aromatic carbocycles. The molecule has 6 heteroatoms. The summed E-state index contributed by atoms with van der Waals surface area (Å²) < 4.78 is 27.7. The van der Waals surface area contributed by atoms with Gasteiger partial charge in [-0.1, -0.05) is 0 Å². The van der Waals surface area contributed by atoms with Gasteiger partial charge in [-0.15, -0.1) is 0 Å². The summed E-state index contributed by atoms with van der Waals surface area (Å²) in [5.74, 6) is 1.26. The van der Waals surface area contributed by atoms with Gasteiger partial charge in [0.15, 0.2) is 9.84 Å². The van der Waals surface area contributed by atoms with Crippen LogP contribution in [0.25, 0.3) is 6.08 Å². The number of rotatable bonds is 3. The number of aryl methyl sites for hydroxylation is 1. The molecule has 1 amide bonds. The number of hydrogen-bond donors (Lipinski definition) is 1. The Morgan fingerprint density at radius 2 is 2.28 bits per heavy atom. The molecule has 0 saturated carbocycles. The van der Waals surface area contributed by atoms with Crippen LogP contribution in [0.1, 0.15) is 17.9 Å². The Bertz CT molecular complexity index is 571. The van der Waals surface area contributed by atoms with Crippen LogP contribution >= 0.6 is 0 Å². The zero-order valence-electron chi connectivity index (χ0n) is 10.0. The first-order valence-electron chi connectivity index (χ1n) is 5.70. The van der Waals surface area contributed by atoms with Crippen LogP contribution in [0.2, 0.25) is 0 Å². The molecule has 1 aromatic rings. The number of furan rings is 1. The topological polar surface area (TPSA) is 76.4 Å². The summed E-state index contributed by atoms with van der Waals surface area (Å²) in [4.78, 5) is 11.6. The van der Waals surface area contributed by atoms with Gasteiger partial charge >= 0.3 is 0 Å². The van der Waals surface area contributed by atoms with E-state index in [9.17, 15) is 13.2 Å². The summed E-state index contributed by atoms with van der Waals surface area (Å²) in [7, 11) is -2.96. The maximum atomic E-state index is 11.6. The summed E-state index contributed by atoms with van der Waals surface area (Å²) in [5, 5.41) is 2.66. The van der Waals surface area contributed by atoms with Gasteiger partial charge in [0.25, 0.3) is 0 Å². The van der Waals surface area contributed by atoms with E-state index < -0.39 is 9.84 Å². The summed E-state index contributed by atoms with van der Waals surface area (Å²) in [6, 6.07) is 3.30. The standard InChI is InChI=1S/C12H15NO4S/c1-9-2-3-11(17-9)4-5-12(14)13-10-6-7-18(15,16)8-10/h2-5,10H,6-8H2,1H3,(H,13,14)/b5-4+/t10-/m0/s1. The predicted molar refractivity (Wildman–Crippen MR) is 67.7 cm³/mol. The summed E-state index contributed by atoms with van der Waals surface area (Å²) in [6.45, 7) is 1.82. The van der Waals surface area contributed by atoms with Gasteiger partial charge in [0.05, 0.1) is 11.5 Å². The lowest BCUT2D eigenvalue weighted by Crippen LogP contribution is -2.34. The normalized spacial score (nSPS) is 22.4. The lowest BCUT2D eigenvalue weighted by Gasteiger charge is -2.07. The van der Waals surface area contributed by atoms with Crippen LogP contribution in [0.5, 0.6) is 0 Å². The fourth-order valence-corrected chi connectivity index (χ4v) is 3.53. The van der Waals surface area contributed by atoms with E-state index in [1.165, 1.54) is 6.08 Å². The number of hydrogen-bond acceptors (Lipinski definition) is 4. The van der Waals surface area contributed by atoms with Crippen molar-refractivity contribution in [1.29, 1.82) is 0 Å². The molecule has 0 unspecified atom stereocenters. The van der Waals surface area contributed by atoms with E-state index >= 15 is 0 Å². The minimum atomic E-state index is -2.96. The van der Waals surface area contributed by atoms with Crippen molar-refractivity contribution in [2.24, 2.45) is 0 Å². The van der Waals surface area contributed by atoms with Crippen molar-refractivity contribution in [3.05, 3.63) is 29.7 Å². The van der Waals surface area contributed by atoms with Gasteiger partial charge in [0.1, 0.15) is 11.5 Å². The SMILES string of the molecule is Cc1ccc(/C=C/C(=O)N[C@H]2CCS(=O)(=O)C2)o1. The third-order valence-electron chi connectivity index (χ3n) is 2.74. The van der Waals surface area contributed by atoms with Gasteiger partial charge in [-0.3, -0.25) is 4.79 Å². The van der Waals surface area contributed by atoms with Crippen LogP contribution in [-0.2, 0) is 14.6 Å². The molecular weight excluding hydrogens is 254 g/mol. The fraction of sp³-hybridized carbons (Fsp3) is 0.417. The van der Waals surface area contributed by atoms with Gasteiger partial charge in [-0.25, -0.2) is 8.42 Å². The molecule has 2 heterocycles. The molecule has 0 bridgehead atoms. The Morgan fingerprint density at radius 1 is 1.50 bits per heavy atom. The summed E-state index contributed by atoms with van der Waals surface area (Å²) in [5.41, 5.74) is 0. The Kier molecular flexibility index (Phi) is 3.56. The molecular formula is C12H15NO4S. The van der Waals surface area contributed by atoms with Crippen molar-refractivity contribution < 1.29 is 17.6 Å². The summed E-state index contributed by atoms with van der Waals surface area (Å²) >= 11 is 0. The Labute approximate surface area is 106 Å². The van der Waals surface area contributed by atoms with E-state index in [0.29, 0.717) is 12.2 Å². The largest absolute Gasteiger partial charge is 0.462 e. The fourth-order valence-electron chi connectivity index (χ4n) is 1.86.